The molecule has 0 aliphatic carbocycles. The molecule has 0 aliphatic heterocycles. The molecule has 1 rings (SSSR count). The Morgan fingerprint density at radius 2 is 1.26 bits per heavy atom. The molecule has 1 aromatic heterocycles. The molecule has 0 saturated carbocycles. The molecule has 0 aromatic carbocycles. The third-order valence-corrected chi connectivity index (χ3v) is 7.90. The summed E-state index contributed by atoms with van der Waals surface area (Å²) in [4.78, 5) is 129. The van der Waals surface area contributed by atoms with Crippen molar-refractivity contribution >= 4 is 59.2 Å². The highest BCUT2D eigenvalue weighted by Gasteiger charge is 2.33. The van der Waals surface area contributed by atoms with Crippen molar-refractivity contribution in [1.29, 1.82) is 0 Å². The predicted octanol–water partition coefficient (Wildman–Crippen LogP) is -5.02. The molecular formula is C31H49N11O12. The number of rotatable bonds is 26. The van der Waals surface area contributed by atoms with Gasteiger partial charge < -0.3 is 64.3 Å². The average Bonchev–Trinajstić information content (AvgIpc) is 3.62. The summed E-state index contributed by atoms with van der Waals surface area (Å²) in [7, 11) is 0. The van der Waals surface area contributed by atoms with Crippen LogP contribution < -0.4 is 49.1 Å². The Kier molecular flexibility index (Phi) is 19.9. The van der Waals surface area contributed by atoms with Crippen molar-refractivity contribution in [2.24, 2.45) is 23.1 Å². The second-order valence-corrected chi connectivity index (χ2v) is 12.3. The van der Waals surface area contributed by atoms with Crippen LogP contribution in [0.4, 0.5) is 0 Å². The number of carboxylic acid groups (broad SMARTS) is 2. The van der Waals surface area contributed by atoms with Crippen molar-refractivity contribution in [3.63, 3.8) is 0 Å². The minimum absolute atomic E-state index is 0.0789. The van der Waals surface area contributed by atoms with E-state index in [-0.39, 0.29) is 32.1 Å². The molecule has 0 aliphatic rings. The van der Waals surface area contributed by atoms with Crippen molar-refractivity contribution < 1.29 is 58.2 Å². The minimum atomic E-state index is -1.53. The third kappa shape index (κ3) is 17.9. The van der Waals surface area contributed by atoms with Crippen LogP contribution in [0, 0.1) is 5.92 Å². The number of imidazole rings is 1. The van der Waals surface area contributed by atoms with E-state index in [1.807, 2.05) is 0 Å². The molecule has 0 saturated heterocycles. The number of carboxylic acids is 2. The zero-order valence-corrected chi connectivity index (χ0v) is 29.8. The molecule has 300 valence electrons. The molecule has 0 fully saturated rings. The lowest BCUT2D eigenvalue weighted by Gasteiger charge is -2.27. The standard InChI is InChI=1S/C31H49N11O12/c1-3-15(2)26(30(52)37-13-24(46)40-19(31(53)54)6-9-25(47)48)42-29(51)20(10-16-11-35-14-38-16)41-28(50)18(5-8-22(34)44)39-23(45)12-36-27(49)17(32)4-7-21(33)43/h11,14-15,17-20,26H,3-10,12-13,32H2,1-2H3,(H2,33,43)(H2,34,44)(H,35,38)(H,36,49)(H,37,52)(H,39,45)(H,40,46)(H,41,50)(H,42,51)(H,47,48)(H,53,54). The van der Waals surface area contributed by atoms with Crippen LogP contribution in [0.2, 0.25) is 0 Å². The van der Waals surface area contributed by atoms with Crippen molar-refractivity contribution in [3.8, 4) is 0 Å². The maximum atomic E-state index is 13.7. The molecule has 1 aromatic rings. The van der Waals surface area contributed by atoms with E-state index in [9.17, 15) is 53.1 Å². The van der Waals surface area contributed by atoms with Crippen molar-refractivity contribution in [1.82, 2.24) is 41.9 Å². The molecule has 6 unspecified atom stereocenters. The summed E-state index contributed by atoms with van der Waals surface area (Å²) in [6.07, 6.45) is 0.976. The maximum absolute atomic E-state index is 13.7. The van der Waals surface area contributed by atoms with E-state index < -0.39 is 121 Å². The molecule has 8 amide bonds. The summed E-state index contributed by atoms with van der Waals surface area (Å²) in [6.45, 7) is 1.98. The topological polar surface area (TPSA) is 390 Å². The van der Waals surface area contributed by atoms with Gasteiger partial charge in [0.2, 0.25) is 47.3 Å². The first-order valence-electron chi connectivity index (χ1n) is 16.8. The van der Waals surface area contributed by atoms with E-state index in [1.54, 1.807) is 13.8 Å². The summed E-state index contributed by atoms with van der Waals surface area (Å²) in [5, 5.41) is 32.2. The van der Waals surface area contributed by atoms with Gasteiger partial charge in [0.05, 0.1) is 25.5 Å². The first-order chi connectivity index (χ1) is 25.3. The van der Waals surface area contributed by atoms with Crippen LogP contribution in [-0.4, -0.2) is 123 Å². The van der Waals surface area contributed by atoms with Gasteiger partial charge >= 0.3 is 11.9 Å². The summed E-state index contributed by atoms with van der Waals surface area (Å²) >= 11 is 0. The molecule has 15 N–H and O–H groups in total. The highest BCUT2D eigenvalue weighted by Crippen LogP contribution is 2.10. The summed E-state index contributed by atoms with van der Waals surface area (Å²) in [6, 6.07) is -6.82. The number of hydrogen-bond acceptors (Lipinski definition) is 12. The van der Waals surface area contributed by atoms with E-state index in [0.29, 0.717) is 12.1 Å². The molecule has 1 heterocycles. The number of carbonyl (C=O) groups excluding carboxylic acids is 8. The molecule has 0 spiro atoms. The maximum Gasteiger partial charge on any atom is 0.326 e. The fraction of sp³-hybridized carbons (Fsp3) is 0.581. The number of H-pyrrole nitrogens is 1. The van der Waals surface area contributed by atoms with Gasteiger partial charge in [-0.15, -0.1) is 0 Å². The molecule has 54 heavy (non-hydrogen) atoms. The number of hydrogen-bond donors (Lipinski definition) is 12. The fourth-order valence-electron chi connectivity index (χ4n) is 4.63. The molecule has 0 bridgehead atoms. The average molecular weight is 768 g/mol. The van der Waals surface area contributed by atoms with Gasteiger partial charge in [-0.1, -0.05) is 20.3 Å². The largest absolute Gasteiger partial charge is 0.481 e. The van der Waals surface area contributed by atoms with Gasteiger partial charge in [0.1, 0.15) is 24.2 Å². The zero-order chi connectivity index (χ0) is 41.0. The first kappa shape index (κ1) is 45.9. The quantitative estimate of drug-likeness (QED) is 0.0420. The summed E-state index contributed by atoms with van der Waals surface area (Å²) in [5.41, 5.74) is 16.4. The van der Waals surface area contributed by atoms with E-state index in [4.69, 9.17) is 22.3 Å². The van der Waals surface area contributed by atoms with Crippen LogP contribution in [0.1, 0.15) is 64.5 Å². The van der Waals surface area contributed by atoms with Crippen LogP contribution in [0.15, 0.2) is 12.5 Å². The Hall–Kier alpha value is -6.13. The Bertz CT molecular complexity index is 1500. The Labute approximate surface area is 309 Å². The Balaban J connectivity index is 3.11. The lowest BCUT2D eigenvalue weighted by atomic mass is 9.97. The Morgan fingerprint density at radius 3 is 1.78 bits per heavy atom. The number of aromatic amines is 1. The van der Waals surface area contributed by atoms with Gasteiger partial charge in [-0.3, -0.25) is 43.2 Å². The predicted molar refractivity (Wildman–Crippen MR) is 185 cm³/mol. The second-order valence-electron chi connectivity index (χ2n) is 12.3. The van der Waals surface area contributed by atoms with Gasteiger partial charge in [-0.25, -0.2) is 9.78 Å². The highest BCUT2D eigenvalue weighted by molar-refractivity contribution is 5.96. The number of primary amides is 2. The zero-order valence-electron chi connectivity index (χ0n) is 29.8. The van der Waals surface area contributed by atoms with Gasteiger partial charge in [0.15, 0.2) is 0 Å². The molecular weight excluding hydrogens is 718 g/mol. The van der Waals surface area contributed by atoms with Crippen LogP contribution in [-0.2, 0) is 54.4 Å². The number of nitrogens with two attached hydrogens (primary N) is 3. The first-order valence-corrected chi connectivity index (χ1v) is 16.8. The minimum Gasteiger partial charge on any atom is -0.481 e. The van der Waals surface area contributed by atoms with Gasteiger partial charge in [-0.2, -0.15) is 0 Å². The Morgan fingerprint density at radius 1 is 0.722 bits per heavy atom. The van der Waals surface area contributed by atoms with Crippen LogP contribution in [0.25, 0.3) is 0 Å². The fourth-order valence-corrected chi connectivity index (χ4v) is 4.63. The normalized spacial score (nSPS) is 14.1. The number of nitrogens with one attached hydrogen (secondary N) is 7. The summed E-state index contributed by atoms with van der Waals surface area (Å²) < 4.78 is 0. The number of aromatic nitrogens is 2. The summed E-state index contributed by atoms with van der Waals surface area (Å²) in [5.74, 6) is -10.0. The number of nitrogens with zero attached hydrogens (tertiary/aromatic N) is 1. The lowest BCUT2D eigenvalue weighted by Crippen LogP contribution is -2.59. The van der Waals surface area contributed by atoms with Crippen LogP contribution in [0.5, 0.6) is 0 Å². The number of aliphatic carboxylic acids is 2. The molecule has 23 nitrogen and oxygen atoms in total. The van der Waals surface area contributed by atoms with E-state index in [2.05, 4.69) is 41.9 Å². The van der Waals surface area contributed by atoms with E-state index in [1.165, 1.54) is 12.5 Å². The van der Waals surface area contributed by atoms with Crippen LogP contribution in [0.3, 0.4) is 0 Å². The van der Waals surface area contributed by atoms with Crippen molar-refractivity contribution in [3.05, 3.63) is 18.2 Å². The second kappa shape index (κ2) is 23.4. The lowest BCUT2D eigenvalue weighted by molar-refractivity contribution is -0.143. The van der Waals surface area contributed by atoms with E-state index >= 15 is 0 Å². The third-order valence-electron chi connectivity index (χ3n) is 7.90. The smallest absolute Gasteiger partial charge is 0.326 e. The SMILES string of the molecule is CCC(C)C(NC(=O)C(Cc1cnc[nH]1)NC(=O)C(CCC(N)=O)NC(=O)CNC(=O)C(N)CCC(N)=O)C(=O)NCC(=O)NC(CCC(=O)O)C(=O)O. The number of amides is 8. The van der Waals surface area contributed by atoms with Crippen LogP contribution >= 0.6 is 0 Å². The van der Waals surface area contributed by atoms with Gasteiger partial charge in [0, 0.05) is 37.6 Å². The molecule has 0 radical (unpaired) electrons. The molecule has 6 atom stereocenters. The number of carbonyl (C=O) groups is 10. The van der Waals surface area contributed by atoms with E-state index in [0.717, 1.165) is 0 Å². The highest BCUT2D eigenvalue weighted by atomic mass is 16.4. The van der Waals surface area contributed by atoms with Gasteiger partial charge in [0.25, 0.3) is 0 Å². The van der Waals surface area contributed by atoms with Gasteiger partial charge in [-0.05, 0) is 25.2 Å². The van der Waals surface area contributed by atoms with Crippen molar-refractivity contribution in [2.45, 2.75) is 95.4 Å². The monoisotopic (exact) mass is 767 g/mol. The molecule has 23 heteroatoms. The van der Waals surface area contributed by atoms with Crippen molar-refractivity contribution in [2.75, 3.05) is 13.1 Å².